The van der Waals surface area contributed by atoms with Crippen LogP contribution in [-0.4, -0.2) is 58.3 Å². The summed E-state index contributed by atoms with van der Waals surface area (Å²) in [7, 11) is 0. The number of primary amides is 1. The molecule has 0 aromatic heterocycles. The zero-order chi connectivity index (χ0) is 22.9. The van der Waals surface area contributed by atoms with E-state index in [1.807, 2.05) is 54.6 Å². The van der Waals surface area contributed by atoms with E-state index in [1.54, 1.807) is 12.1 Å². The molecule has 0 heterocycles. The number of hydrogen-bond acceptors (Lipinski definition) is 5. The third-order valence-corrected chi connectivity index (χ3v) is 4.77. The first kappa shape index (κ1) is 26.4. The van der Waals surface area contributed by atoms with Gasteiger partial charge in [0.2, 0.25) is 0 Å². The average Bonchev–Trinajstić information content (AvgIpc) is 2.79. The van der Waals surface area contributed by atoms with Crippen molar-refractivity contribution in [2.75, 3.05) is 6.61 Å². The van der Waals surface area contributed by atoms with E-state index in [0.29, 0.717) is 24.3 Å². The molecular weight excluding hydrogens is 433 g/mol. The topological polar surface area (TPSA) is 119 Å². The first-order valence-corrected chi connectivity index (χ1v) is 10.2. The van der Waals surface area contributed by atoms with Crippen LogP contribution in [0, 0.1) is 0 Å². The van der Waals surface area contributed by atoms with Crippen LogP contribution in [0.25, 0.3) is 11.1 Å². The molecule has 1 atom stereocenters. The fourth-order valence-corrected chi connectivity index (χ4v) is 3.15. The third kappa shape index (κ3) is 7.91. The summed E-state index contributed by atoms with van der Waals surface area (Å²) in [6.45, 7) is 0.221. The molecule has 0 spiro atoms. The van der Waals surface area contributed by atoms with Crippen LogP contribution in [0.4, 0.5) is 0 Å². The number of carboxylic acid groups (broad SMARTS) is 1. The zero-order valence-corrected chi connectivity index (χ0v) is 20.4. The van der Waals surface area contributed by atoms with Gasteiger partial charge in [0.25, 0.3) is 5.91 Å². The number of carbonyl (C=O) groups is 2. The molecule has 167 valence electrons. The standard InChI is InChI=1S/C25H25NO6.Na/c26-25(30)24(29)21-13-12-20(16-22(21)31-14-5-4-11-23(27)28)32-19-10-6-9-18(15-19)17-7-2-1-3-8-17;/h1-3,6-10,12-13,15-16,24,29H,4-5,11,14H2,(H2,26,30)(H,27,28);. The van der Waals surface area contributed by atoms with Crippen LogP contribution < -0.4 is 15.2 Å². The Labute approximate surface area is 214 Å². The predicted molar refractivity (Wildman–Crippen MR) is 125 cm³/mol. The van der Waals surface area contributed by atoms with Crippen LogP contribution in [0.1, 0.15) is 30.9 Å². The van der Waals surface area contributed by atoms with E-state index in [2.05, 4.69) is 0 Å². The molecule has 33 heavy (non-hydrogen) atoms. The Morgan fingerprint density at radius 1 is 0.879 bits per heavy atom. The summed E-state index contributed by atoms with van der Waals surface area (Å²) in [4.78, 5) is 22.1. The van der Waals surface area contributed by atoms with Crippen LogP contribution in [0.2, 0.25) is 0 Å². The maximum absolute atomic E-state index is 11.5. The molecule has 3 aromatic carbocycles. The van der Waals surface area contributed by atoms with E-state index in [1.165, 1.54) is 6.07 Å². The van der Waals surface area contributed by atoms with Gasteiger partial charge >= 0.3 is 5.97 Å². The zero-order valence-electron chi connectivity index (χ0n) is 18.4. The van der Waals surface area contributed by atoms with E-state index in [9.17, 15) is 14.7 Å². The van der Waals surface area contributed by atoms with Crippen LogP contribution in [0.3, 0.4) is 0 Å². The molecule has 1 amide bonds. The van der Waals surface area contributed by atoms with Crippen LogP contribution in [-0.2, 0) is 9.59 Å². The SMILES string of the molecule is NC(=O)C(O)c1ccc(Oc2cccc(-c3ccccc3)c2)cc1OCCCCC(=O)O.[Na]. The molecule has 7 nitrogen and oxygen atoms in total. The molecule has 0 aliphatic rings. The summed E-state index contributed by atoms with van der Waals surface area (Å²) in [6, 6.07) is 22.2. The second-order valence-electron chi connectivity index (χ2n) is 7.20. The largest absolute Gasteiger partial charge is 0.493 e. The van der Waals surface area contributed by atoms with Gasteiger partial charge in [-0.2, -0.15) is 0 Å². The van der Waals surface area contributed by atoms with Gasteiger partial charge < -0.3 is 25.4 Å². The number of unbranched alkanes of at least 4 members (excludes halogenated alkanes) is 1. The van der Waals surface area contributed by atoms with E-state index in [0.717, 1.165) is 11.1 Å². The number of ether oxygens (including phenoxy) is 2. The fraction of sp³-hybridized carbons (Fsp3) is 0.200. The quantitative estimate of drug-likeness (QED) is 0.296. The van der Waals surface area contributed by atoms with Gasteiger partial charge in [-0.1, -0.05) is 42.5 Å². The summed E-state index contributed by atoms with van der Waals surface area (Å²) in [5, 5.41) is 18.9. The van der Waals surface area contributed by atoms with Crippen molar-refractivity contribution in [3.05, 3.63) is 78.4 Å². The summed E-state index contributed by atoms with van der Waals surface area (Å²) in [5.41, 5.74) is 7.52. The minimum Gasteiger partial charge on any atom is -0.493 e. The van der Waals surface area contributed by atoms with Crippen LogP contribution in [0.5, 0.6) is 17.2 Å². The Bertz CT molecular complexity index is 1070. The average molecular weight is 458 g/mol. The summed E-state index contributed by atoms with van der Waals surface area (Å²) >= 11 is 0. The minimum absolute atomic E-state index is 0. The Morgan fingerprint density at radius 2 is 1.58 bits per heavy atom. The first-order valence-electron chi connectivity index (χ1n) is 10.2. The summed E-state index contributed by atoms with van der Waals surface area (Å²) < 4.78 is 11.7. The number of aliphatic hydroxyl groups excluding tert-OH is 1. The van der Waals surface area contributed by atoms with Crippen molar-refractivity contribution in [3.8, 4) is 28.4 Å². The number of aliphatic hydroxyl groups is 1. The summed E-state index contributed by atoms with van der Waals surface area (Å²) in [6.07, 6.45) is -0.533. The van der Waals surface area contributed by atoms with Crippen molar-refractivity contribution in [1.82, 2.24) is 0 Å². The van der Waals surface area contributed by atoms with Crippen molar-refractivity contribution in [2.45, 2.75) is 25.4 Å². The van der Waals surface area contributed by atoms with Gasteiger partial charge in [-0.05, 0) is 48.2 Å². The molecule has 0 aliphatic carbocycles. The molecule has 3 aromatic rings. The third-order valence-electron chi connectivity index (χ3n) is 4.77. The molecular formula is C25H25NNaO6. The van der Waals surface area contributed by atoms with Gasteiger partial charge in [0.05, 0.1) is 6.61 Å². The molecule has 3 rings (SSSR count). The number of nitrogens with two attached hydrogens (primary N) is 1. The van der Waals surface area contributed by atoms with Crippen LogP contribution in [0.15, 0.2) is 72.8 Å². The molecule has 0 bridgehead atoms. The molecule has 8 heteroatoms. The van der Waals surface area contributed by atoms with Gasteiger partial charge in [0.1, 0.15) is 17.2 Å². The van der Waals surface area contributed by atoms with Gasteiger partial charge in [-0.25, -0.2) is 0 Å². The Morgan fingerprint density at radius 3 is 2.27 bits per heavy atom. The Balaban J connectivity index is 0.00000385. The number of hydrogen-bond donors (Lipinski definition) is 3. The second kappa shape index (κ2) is 13.0. The number of carboxylic acids is 1. The Hall–Kier alpha value is -2.84. The fourth-order valence-electron chi connectivity index (χ4n) is 3.15. The number of amides is 1. The maximum Gasteiger partial charge on any atom is 0.303 e. The molecule has 0 aliphatic heterocycles. The first-order chi connectivity index (χ1) is 15.4. The monoisotopic (exact) mass is 458 g/mol. The molecule has 0 saturated heterocycles. The van der Waals surface area contributed by atoms with E-state index in [4.69, 9.17) is 20.3 Å². The smallest absolute Gasteiger partial charge is 0.303 e. The van der Waals surface area contributed by atoms with Crippen molar-refractivity contribution in [1.29, 1.82) is 0 Å². The number of rotatable bonds is 11. The number of carbonyl (C=O) groups excluding carboxylic acids is 1. The second-order valence-corrected chi connectivity index (χ2v) is 7.20. The van der Waals surface area contributed by atoms with Crippen molar-refractivity contribution in [3.63, 3.8) is 0 Å². The maximum atomic E-state index is 11.5. The van der Waals surface area contributed by atoms with Crippen LogP contribution >= 0.6 is 0 Å². The number of aliphatic carboxylic acids is 1. The van der Waals surface area contributed by atoms with E-state index in [-0.39, 0.29) is 53.9 Å². The molecule has 1 radical (unpaired) electrons. The van der Waals surface area contributed by atoms with Gasteiger partial charge in [0, 0.05) is 47.6 Å². The number of benzene rings is 3. The van der Waals surface area contributed by atoms with Gasteiger partial charge in [0.15, 0.2) is 6.10 Å². The van der Waals surface area contributed by atoms with Gasteiger partial charge in [-0.3, -0.25) is 9.59 Å². The normalized spacial score (nSPS) is 11.2. The predicted octanol–water partition coefficient (Wildman–Crippen LogP) is 3.92. The summed E-state index contributed by atoms with van der Waals surface area (Å²) in [5.74, 6) is -0.450. The van der Waals surface area contributed by atoms with E-state index < -0.39 is 18.0 Å². The van der Waals surface area contributed by atoms with Crippen molar-refractivity contribution in [2.24, 2.45) is 5.73 Å². The molecule has 1 unspecified atom stereocenters. The molecule has 4 N–H and O–H groups in total. The Kier molecular flexibility index (Phi) is 10.4. The van der Waals surface area contributed by atoms with Gasteiger partial charge in [-0.15, -0.1) is 0 Å². The van der Waals surface area contributed by atoms with Crippen molar-refractivity contribution >= 4 is 41.4 Å². The van der Waals surface area contributed by atoms with Crippen molar-refractivity contribution < 1.29 is 29.3 Å². The van der Waals surface area contributed by atoms with E-state index >= 15 is 0 Å². The minimum atomic E-state index is -1.53. The molecule has 0 saturated carbocycles. The molecule has 0 fully saturated rings.